The summed E-state index contributed by atoms with van der Waals surface area (Å²) in [4.78, 5) is 0. The molecular weight excluding hydrogens is 600 g/mol. The number of aromatic hydroxyl groups is 6. The van der Waals surface area contributed by atoms with Crippen molar-refractivity contribution < 1.29 is 30.6 Å². The molecule has 0 saturated carbocycles. The molecule has 0 aliphatic rings. The number of phenols is 6. The summed E-state index contributed by atoms with van der Waals surface area (Å²) < 4.78 is 0. The molecule has 0 saturated heterocycles. The lowest BCUT2D eigenvalue weighted by Crippen LogP contribution is -1.99. The molecule has 2 aromatic carbocycles. The van der Waals surface area contributed by atoms with E-state index in [4.69, 9.17) is 0 Å². The van der Waals surface area contributed by atoms with Gasteiger partial charge in [0.25, 0.3) is 0 Å². The molecule has 0 aliphatic carbocycles. The van der Waals surface area contributed by atoms with E-state index in [9.17, 15) is 30.6 Å². The van der Waals surface area contributed by atoms with Crippen molar-refractivity contribution in [2.45, 2.75) is 120 Å². The van der Waals surface area contributed by atoms with Crippen LogP contribution in [0.2, 0.25) is 0 Å². The largest absolute Gasteiger partial charge is 0.507 e. The van der Waals surface area contributed by atoms with E-state index in [1.54, 1.807) is 12.2 Å². The quantitative estimate of drug-likeness (QED) is 0.0571. The molecule has 2 rings (SSSR count). The van der Waals surface area contributed by atoms with Crippen molar-refractivity contribution in [3.05, 3.63) is 81.0 Å². The van der Waals surface area contributed by atoms with Crippen LogP contribution in [0.5, 0.6) is 34.5 Å². The van der Waals surface area contributed by atoms with Gasteiger partial charge in [-0.05, 0) is 92.9 Å². The van der Waals surface area contributed by atoms with Crippen LogP contribution in [0.15, 0.2) is 58.7 Å². The van der Waals surface area contributed by atoms with Crippen molar-refractivity contribution in [1.29, 1.82) is 0 Å². The molecule has 6 nitrogen and oxygen atoms in total. The number of rotatable bonds is 17. The van der Waals surface area contributed by atoms with Crippen LogP contribution in [0, 0.1) is 0 Å². The Morgan fingerprint density at radius 1 is 0.458 bits per heavy atom. The lowest BCUT2D eigenvalue weighted by atomic mass is 9.86. The standard InChI is InChI=1S/C42H58O6/c1-9-11-13-21-31-35(37(43)33(41(47)39(31)45)25-23-29(7)19-15-17-27(3)4)36-32(22-14-12-10-2)40(46)42(48)34(38(36)44)26-24-30(8)20-16-18-28(5)6/h13-14,17-18,21-24,43-48H,9-12,15-16,19-20,25-26H2,1-8H3/b21-13+,22-14+,29-23+,30-24+. The fourth-order valence-corrected chi connectivity index (χ4v) is 5.45. The van der Waals surface area contributed by atoms with Crippen LogP contribution in [0.1, 0.15) is 129 Å². The first kappa shape index (κ1) is 39.9. The number of unbranched alkanes of at least 4 members (excludes halogenated alkanes) is 2. The first-order chi connectivity index (χ1) is 22.8. The molecule has 6 N–H and O–H groups in total. The van der Waals surface area contributed by atoms with Crippen LogP contribution in [0.3, 0.4) is 0 Å². The monoisotopic (exact) mass is 658 g/mol. The molecule has 262 valence electrons. The maximum absolute atomic E-state index is 11.9. The van der Waals surface area contributed by atoms with E-state index >= 15 is 0 Å². The van der Waals surface area contributed by atoms with E-state index in [0.29, 0.717) is 12.8 Å². The van der Waals surface area contributed by atoms with Gasteiger partial charge in [-0.1, -0.05) is 97.6 Å². The normalized spacial score (nSPS) is 12.3. The van der Waals surface area contributed by atoms with E-state index in [1.807, 2.05) is 79.7 Å². The minimum atomic E-state index is -0.443. The minimum absolute atomic E-state index is 0.0673. The molecule has 0 bridgehead atoms. The van der Waals surface area contributed by atoms with Gasteiger partial charge in [-0.15, -0.1) is 0 Å². The van der Waals surface area contributed by atoms with Gasteiger partial charge in [0, 0.05) is 33.4 Å². The van der Waals surface area contributed by atoms with Crippen molar-refractivity contribution in [1.82, 2.24) is 0 Å². The van der Waals surface area contributed by atoms with Crippen LogP contribution in [0.4, 0.5) is 0 Å². The molecule has 2 aromatic rings. The Balaban J connectivity index is 2.95. The number of hydrogen-bond donors (Lipinski definition) is 6. The van der Waals surface area contributed by atoms with Crippen LogP contribution in [0.25, 0.3) is 23.3 Å². The lowest BCUT2D eigenvalue weighted by molar-refractivity contribution is 0.388. The Kier molecular flexibility index (Phi) is 16.2. The van der Waals surface area contributed by atoms with Gasteiger partial charge in [-0.25, -0.2) is 0 Å². The van der Waals surface area contributed by atoms with E-state index in [-0.39, 0.29) is 57.7 Å². The van der Waals surface area contributed by atoms with E-state index in [1.165, 1.54) is 11.1 Å². The maximum atomic E-state index is 11.9. The number of allylic oxidation sites excluding steroid dienone is 10. The zero-order chi connectivity index (χ0) is 36.0. The Morgan fingerprint density at radius 3 is 1.12 bits per heavy atom. The van der Waals surface area contributed by atoms with Gasteiger partial charge < -0.3 is 30.6 Å². The van der Waals surface area contributed by atoms with Crippen molar-refractivity contribution in [3.63, 3.8) is 0 Å². The number of benzene rings is 2. The van der Waals surface area contributed by atoms with Gasteiger partial charge in [-0.2, -0.15) is 0 Å². The average Bonchev–Trinajstić information content (AvgIpc) is 3.02. The second-order valence-corrected chi connectivity index (χ2v) is 13.2. The van der Waals surface area contributed by atoms with E-state index < -0.39 is 23.0 Å². The molecular formula is C42H58O6. The fourth-order valence-electron chi connectivity index (χ4n) is 5.45. The molecule has 0 unspecified atom stereocenters. The second-order valence-electron chi connectivity index (χ2n) is 13.2. The molecule has 0 atom stereocenters. The molecule has 0 fully saturated rings. The summed E-state index contributed by atoms with van der Waals surface area (Å²) in [5, 5.41) is 69.1. The molecule has 0 radical (unpaired) electrons. The SMILES string of the molecule is CCC/C=C/c1c(O)c(O)c(C/C=C(\C)CCC=C(C)C)c(O)c1-c1c(O)c(C/C=C(\C)CCC=C(C)C)c(O)c(O)c1/C=C/CCC. The molecule has 0 aliphatic heterocycles. The van der Waals surface area contributed by atoms with Gasteiger partial charge in [-0.3, -0.25) is 0 Å². The summed E-state index contributed by atoms with van der Waals surface area (Å²) in [6.07, 6.45) is 21.6. The third kappa shape index (κ3) is 10.9. The maximum Gasteiger partial charge on any atom is 0.166 e. The summed E-state index contributed by atoms with van der Waals surface area (Å²) in [6.45, 7) is 16.2. The summed E-state index contributed by atoms with van der Waals surface area (Å²) in [7, 11) is 0. The van der Waals surface area contributed by atoms with E-state index in [0.717, 1.165) is 49.7 Å². The average molecular weight is 659 g/mol. The third-order valence-electron chi connectivity index (χ3n) is 8.34. The van der Waals surface area contributed by atoms with Gasteiger partial charge in [0.05, 0.1) is 0 Å². The summed E-state index contributed by atoms with van der Waals surface area (Å²) >= 11 is 0. The van der Waals surface area contributed by atoms with Gasteiger partial charge in [0.2, 0.25) is 0 Å². The molecule has 48 heavy (non-hydrogen) atoms. The summed E-state index contributed by atoms with van der Waals surface area (Å²) in [5.41, 5.74) is 5.13. The lowest BCUT2D eigenvalue weighted by Gasteiger charge is -2.22. The van der Waals surface area contributed by atoms with Gasteiger partial charge in [0.1, 0.15) is 11.5 Å². The smallest absolute Gasteiger partial charge is 0.166 e. The first-order valence-corrected chi connectivity index (χ1v) is 17.3. The Bertz CT molecular complexity index is 1470. The highest BCUT2D eigenvalue weighted by atomic mass is 16.3. The minimum Gasteiger partial charge on any atom is -0.507 e. The third-order valence-corrected chi connectivity index (χ3v) is 8.34. The van der Waals surface area contributed by atoms with Gasteiger partial charge >= 0.3 is 0 Å². The highest BCUT2D eigenvalue weighted by molar-refractivity contribution is 5.96. The predicted octanol–water partition coefficient (Wildman–Crippen LogP) is 11.7. The van der Waals surface area contributed by atoms with Gasteiger partial charge in [0.15, 0.2) is 23.0 Å². The molecule has 0 amide bonds. The zero-order valence-electron chi connectivity index (χ0n) is 30.4. The zero-order valence-corrected chi connectivity index (χ0v) is 30.4. The second kappa shape index (κ2) is 19.5. The Morgan fingerprint density at radius 2 is 0.812 bits per heavy atom. The molecule has 0 aromatic heterocycles. The Hall–Kier alpha value is -4.32. The van der Waals surface area contributed by atoms with Crippen molar-refractivity contribution in [3.8, 4) is 45.6 Å². The van der Waals surface area contributed by atoms with Crippen LogP contribution in [-0.4, -0.2) is 30.6 Å². The summed E-state index contributed by atoms with van der Waals surface area (Å²) in [5.74, 6) is -2.40. The molecule has 0 heterocycles. The number of hydrogen-bond acceptors (Lipinski definition) is 6. The Labute approximate surface area is 288 Å². The van der Waals surface area contributed by atoms with E-state index in [2.05, 4.69) is 12.2 Å². The summed E-state index contributed by atoms with van der Waals surface area (Å²) in [6, 6.07) is 0. The highest BCUT2D eigenvalue weighted by Gasteiger charge is 2.30. The molecule has 0 spiro atoms. The van der Waals surface area contributed by atoms with Crippen molar-refractivity contribution in [2.24, 2.45) is 0 Å². The van der Waals surface area contributed by atoms with Crippen LogP contribution >= 0.6 is 0 Å². The first-order valence-electron chi connectivity index (χ1n) is 17.3. The van der Waals surface area contributed by atoms with Crippen molar-refractivity contribution in [2.75, 3.05) is 0 Å². The van der Waals surface area contributed by atoms with Crippen LogP contribution in [-0.2, 0) is 12.8 Å². The topological polar surface area (TPSA) is 121 Å². The fraction of sp³-hybridized carbons (Fsp3) is 0.429. The highest BCUT2D eigenvalue weighted by Crippen LogP contribution is 2.55. The van der Waals surface area contributed by atoms with Crippen molar-refractivity contribution >= 4 is 12.2 Å². The van der Waals surface area contributed by atoms with Crippen LogP contribution < -0.4 is 0 Å². The molecule has 6 heteroatoms. The number of phenolic OH excluding ortho intramolecular Hbond substituents is 6. The predicted molar refractivity (Wildman–Crippen MR) is 202 cm³/mol.